The Morgan fingerprint density at radius 2 is 2.15 bits per heavy atom. The Hall–Kier alpha value is -1.25. The predicted molar refractivity (Wildman–Crippen MR) is 51.1 cm³/mol. The normalized spacial score (nSPS) is 10.5. The number of rotatable bonds is 3. The highest BCUT2D eigenvalue weighted by Crippen LogP contribution is 2.18. The number of nitrogens with two attached hydrogens (primary N) is 1. The van der Waals surface area contributed by atoms with Gasteiger partial charge in [-0.05, 0) is 18.1 Å². The Bertz CT molecular complexity index is 286. The van der Waals surface area contributed by atoms with Crippen LogP contribution < -0.4 is 10.5 Å². The molecule has 1 aromatic carbocycles. The van der Waals surface area contributed by atoms with Crippen molar-refractivity contribution in [1.29, 1.82) is 0 Å². The Balaban J connectivity index is 2.63. The molecule has 0 amide bonds. The molecule has 0 heterocycles. The summed E-state index contributed by atoms with van der Waals surface area (Å²) in [6, 6.07) is 4.39. The third-order valence-corrected chi connectivity index (χ3v) is 1.55. The first kappa shape index (κ1) is 9.84. The maximum absolute atomic E-state index is 12.7. The number of anilines is 1. The van der Waals surface area contributed by atoms with Crippen molar-refractivity contribution in [3.8, 4) is 5.75 Å². The van der Waals surface area contributed by atoms with Crippen molar-refractivity contribution >= 4 is 5.69 Å². The minimum Gasteiger partial charge on any atom is -0.493 e. The van der Waals surface area contributed by atoms with Crippen LogP contribution in [0.15, 0.2) is 18.2 Å². The molecule has 0 radical (unpaired) electrons. The number of halogens is 1. The molecule has 2 N–H and O–H groups in total. The van der Waals surface area contributed by atoms with Crippen molar-refractivity contribution in [2.75, 3.05) is 12.3 Å². The highest BCUT2D eigenvalue weighted by molar-refractivity contribution is 5.45. The Morgan fingerprint density at radius 1 is 1.46 bits per heavy atom. The van der Waals surface area contributed by atoms with Gasteiger partial charge in [0.05, 0.1) is 12.3 Å². The van der Waals surface area contributed by atoms with Gasteiger partial charge in [-0.3, -0.25) is 0 Å². The van der Waals surface area contributed by atoms with E-state index in [1.165, 1.54) is 12.1 Å². The van der Waals surface area contributed by atoms with Crippen molar-refractivity contribution in [2.24, 2.45) is 5.92 Å². The molecule has 0 atom stereocenters. The Labute approximate surface area is 77.5 Å². The summed E-state index contributed by atoms with van der Waals surface area (Å²) >= 11 is 0. The van der Waals surface area contributed by atoms with Crippen LogP contribution in [-0.2, 0) is 0 Å². The average molecular weight is 183 g/mol. The number of benzene rings is 1. The molecule has 0 unspecified atom stereocenters. The highest BCUT2D eigenvalue weighted by atomic mass is 19.1. The molecular weight excluding hydrogens is 169 g/mol. The maximum atomic E-state index is 12.7. The number of hydrogen-bond acceptors (Lipinski definition) is 2. The standard InChI is InChI=1S/C10H14FNO/c1-7(2)6-13-8-3-4-9(11)10(12)5-8/h3-5,7H,6,12H2,1-2H3. The van der Waals surface area contributed by atoms with Crippen LogP contribution >= 0.6 is 0 Å². The summed E-state index contributed by atoms with van der Waals surface area (Å²) in [6.07, 6.45) is 0. The van der Waals surface area contributed by atoms with E-state index in [1.54, 1.807) is 6.07 Å². The zero-order chi connectivity index (χ0) is 9.84. The topological polar surface area (TPSA) is 35.2 Å². The van der Waals surface area contributed by atoms with Gasteiger partial charge in [-0.1, -0.05) is 13.8 Å². The van der Waals surface area contributed by atoms with Crippen molar-refractivity contribution < 1.29 is 9.13 Å². The van der Waals surface area contributed by atoms with Crippen LogP contribution in [0.1, 0.15) is 13.8 Å². The number of hydrogen-bond donors (Lipinski definition) is 1. The largest absolute Gasteiger partial charge is 0.493 e. The van der Waals surface area contributed by atoms with Crippen molar-refractivity contribution in [2.45, 2.75) is 13.8 Å². The van der Waals surface area contributed by atoms with Gasteiger partial charge in [-0.15, -0.1) is 0 Å². The van der Waals surface area contributed by atoms with Gasteiger partial charge < -0.3 is 10.5 Å². The lowest BCUT2D eigenvalue weighted by Gasteiger charge is -2.08. The van der Waals surface area contributed by atoms with E-state index in [4.69, 9.17) is 10.5 Å². The van der Waals surface area contributed by atoms with E-state index in [0.717, 1.165) is 0 Å². The summed E-state index contributed by atoms with van der Waals surface area (Å²) in [5.41, 5.74) is 5.50. The van der Waals surface area contributed by atoms with Crippen LogP contribution in [0.3, 0.4) is 0 Å². The summed E-state index contributed by atoms with van der Waals surface area (Å²) in [4.78, 5) is 0. The maximum Gasteiger partial charge on any atom is 0.146 e. The molecule has 1 aromatic rings. The smallest absolute Gasteiger partial charge is 0.146 e. The zero-order valence-electron chi connectivity index (χ0n) is 7.88. The molecule has 3 heteroatoms. The molecule has 0 aliphatic heterocycles. The first-order chi connectivity index (χ1) is 6.09. The van der Waals surface area contributed by atoms with Crippen molar-refractivity contribution in [3.05, 3.63) is 24.0 Å². The van der Waals surface area contributed by atoms with Crippen LogP contribution in [0, 0.1) is 11.7 Å². The third-order valence-electron chi connectivity index (χ3n) is 1.55. The van der Waals surface area contributed by atoms with Gasteiger partial charge in [-0.2, -0.15) is 0 Å². The molecule has 0 saturated carbocycles. The number of ether oxygens (including phenoxy) is 1. The summed E-state index contributed by atoms with van der Waals surface area (Å²) in [6.45, 7) is 4.71. The summed E-state index contributed by atoms with van der Waals surface area (Å²) < 4.78 is 18.1. The lowest BCUT2D eigenvalue weighted by molar-refractivity contribution is 0.271. The van der Waals surface area contributed by atoms with Crippen molar-refractivity contribution in [3.63, 3.8) is 0 Å². The summed E-state index contributed by atoms with van der Waals surface area (Å²) in [5.74, 6) is 0.663. The van der Waals surface area contributed by atoms with E-state index in [-0.39, 0.29) is 5.69 Å². The Kier molecular flexibility index (Phi) is 3.12. The minimum atomic E-state index is -0.406. The van der Waals surface area contributed by atoms with Gasteiger partial charge in [0, 0.05) is 6.07 Å². The lowest BCUT2D eigenvalue weighted by atomic mass is 10.2. The van der Waals surface area contributed by atoms with Crippen LogP contribution in [0.5, 0.6) is 5.75 Å². The fraction of sp³-hybridized carbons (Fsp3) is 0.400. The average Bonchev–Trinajstić information content (AvgIpc) is 2.07. The van der Waals surface area contributed by atoms with Gasteiger partial charge in [0.25, 0.3) is 0 Å². The molecule has 0 aromatic heterocycles. The first-order valence-corrected chi connectivity index (χ1v) is 4.27. The zero-order valence-corrected chi connectivity index (χ0v) is 7.88. The third kappa shape index (κ3) is 2.93. The van der Waals surface area contributed by atoms with Crippen LogP contribution in [0.2, 0.25) is 0 Å². The van der Waals surface area contributed by atoms with E-state index >= 15 is 0 Å². The first-order valence-electron chi connectivity index (χ1n) is 4.27. The molecule has 72 valence electrons. The Morgan fingerprint density at radius 3 is 2.69 bits per heavy atom. The van der Waals surface area contributed by atoms with Gasteiger partial charge in [0.1, 0.15) is 11.6 Å². The van der Waals surface area contributed by atoms with Gasteiger partial charge in [0.15, 0.2) is 0 Å². The molecular formula is C10H14FNO. The SMILES string of the molecule is CC(C)COc1ccc(F)c(N)c1. The second-order valence-corrected chi connectivity index (χ2v) is 3.39. The molecule has 0 bridgehead atoms. The lowest BCUT2D eigenvalue weighted by Crippen LogP contribution is -2.04. The van der Waals surface area contributed by atoms with Crippen LogP contribution in [-0.4, -0.2) is 6.61 Å². The quantitative estimate of drug-likeness (QED) is 0.730. The second kappa shape index (κ2) is 4.12. The monoisotopic (exact) mass is 183 g/mol. The number of nitrogen functional groups attached to an aromatic ring is 1. The fourth-order valence-corrected chi connectivity index (χ4v) is 0.875. The van der Waals surface area contributed by atoms with Crippen molar-refractivity contribution in [1.82, 2.24) is 0 Å². The van der Waals surface area contributed by atoms with E-state index in [2.05, 4.69) is 0 Å². The predicted octanol–water partition coefficient (Wildman–Crippen LogP) is 2.44. The summed E-state index contributed by atoms with van der Waals surface area (Å²) in [5, 5.41) is 0. The highest BCUT2D eigenvalue weighted by Gasteiger charge is 2.01. The fourth-order valence-electron chi connectivity index (χ4n) is 0.875. The van der Waals surface area contributed by atoms with Gasteiger partial charge >= 0.3 is 0 Å². The molecule has 0 fully saturated rings. The molecule has 0 saturated heterocycles. The van der Waals surface area contributed by atoms with Gasteiger partial charge in [0.2, 0.25) is 0 Å². The second-order valence-electron chi connectivity index (χ2n) is 3.39. The minimum absolute atomic E-state index is 0.126. The molecule has 13 heavy (non-hydrogen) atoms. The van der Waals surface area contributed by atoms with Gasteiger partial charge in [-0.25, -0.2) is 4.39 Å². The molecule has 0 spiro atoms. The molecule has 0 aliphatic carbocycles. The molecule has 2 nitrogen and oxygen atoms in total. The van der Waals surface area contributed by atoms with Crippen LogP contribution in [0.4, 0.5) is 10.1 Å². The van der Waals surface area contributed by atoms with E-state index in [1.807, 2.05) is 13.8 Å². The van der Waals surface area contributed by atoms with Crippen LogP contribution in [0.25, 0.3) is 0 Å². The van der Waals surface area contributed by atoms with E-state index in [9.17, 15) is 4.39 Å². The van der Waals surface area contributed by atoms with E-state index in [0.29, 0.717) is 18.3 Å². The van der Waals surface area contributed by atoms with E-state index < -0.39 is 5.82 Å². The molecule has 1 rings (SSSR count). The summed E-state index contributed by atoms with van der Waals surface area (Å²) in [7, 11) is 0. The molecule has 0 aliphatic rings.